The Kier molecular flexibility index (Phi) is 1.97. The van der Waals surface area contributed by atoms with Crippen LogP contribution in [0.2, 0.25) is 0 Å². The summed E-state index contributed by atoms with van der Waals surface area (Å²) in [5, 5.41) is 19.8. The molecule has 14 heavy (non-hydrogen) atoms. The second-order valence-corrected chi connectivity index (χ2v) is 2.77. The lowest BCUT2D eigenvalue weighted by atomic mass is 9.97. The normalized spacial score (nSPS) is 23.8. The van der Waals surface area contributed by atoms with Crippen molar-refractivity contribution >= 4 is 11.7 Å². The van der Waals surface area contributed by atoms with Crippen LogP contribution in [-0.4, -0.2) is 30.0 Å². The molecule has 1 atom stereocenters. The van der Waals surface area contributed by atoms with Gasteiger partial charge in [-0.15, -0.1) is 10.2 Å². The third-order valence-electron chi connectivity index (χ3n) is 2.00. The molecule has 72 valence electrons. The summed E-state index contributed by atoms with van der Waals surface area (Å²) in [5.41, 5.74) is 1.15. The number of carbonyl (C=O) groups is 1. The molecule has 6 heteroatoms. The Morgan fingerprint density at radius 3 is 3.00 bits per heavy atom. The van der Waals surface area contributed by atoms with E-state index in [0.717, 1.165) is 0 Å². The predicted molar refractivity (Wildman–Crippen MR) is 46.9 cm³/mol. The maximum absolute atomic E-state index is 10.8. The number of allylic oxidation sites excluding steroid dienone is 2. The smallest absolute Gasteiger partial charge is 0.334 e. The molecule has 0 bridgehead atoms. The monoisotopic (exact) mass is 193 g/mol. The molecule has 0 saturated carbocycles. The van der Waals surface area contributed by atoms with E-state index in [2.05, 4.69) is 15.4 Å². The summed E-state index contributed by atoms with van der Waals surface area (Å²) in [4.78, 5) is 10.8. The molecule has 1 N–H and O–H groups in total. The molecule has 0 spiro atoms. The first kappa shape index (κ1) is 8.76. The van der Waals surface area contributed by atoms with Crippen molar-refractivity contribution in [1.29, 1.82) is 0 Å². The zero-order valence-corrected chi connectivity index (χ0v) is 7.34. The molecule has 0 aromatic carbocycles. The van der Waals surface area contributed by atoms with Gasteiger partial charge in [-0.1, -0.05) is 0 Å². The lowest BCUT2D eigenvalue weighted by Gasteiger charge is -2.18. The molecule has 1 unspecified atom stereocenters. The number of nitrogens with zero attached hydrogens (tertiary/aromatic N) is 3. The van der Waals surface area contributed by atoms with Crippen molar-refractivity contribution in [2.24, 2.45) is 15.4 Å². The van der Waals surface area contributed by atoms with Crippen LogP contribution in [0.25, 0.3) is 0 Å². The highest BCUT2D eigenvalue weighted by molar-refractivity contribution is 6.11. The molecule has 2 rings (SSSR count). The Bertz CT molecular complexity index is 406. The fourth-order valence-electron chi connectivity index (χ4n) is 1.35. The first-order valence-corrected chi connectivity index (χ1v) is 3.91. The van der Waals surface area contributed by atoms with Crippen LogP contribution >= 0.6 is 0 Å². The highest BCUT2D eigenvalue weighted by atomic mass is 16.5. The van der Waals surface area contributed by atoms with Crippen molar-refractivity contribution in [2.75, 3.05) is 7.11 Å². The van der Waals surface area contributed by atoms with Gasteiger partial charge in [-0.05, 0) is 17.4 Å². The van der Waals surface area contributed by atoms with Crippen LogP contribution in [-0.2, 0) is 9.53 Å². The summed E-state index contributed by atoms with van der Waals surface area (Å²) >= 11 is 0. The van der Waals surface area contributed by atoms with Crippen LogP contribution in [0, 0.1) is 0 Å². The number of methoxy groups -OCH3 is 1. The van der Waals surface area contributed by atoms with E-state index in [1.54, 1.807) is 6.08 Å². The predicted octanol–water partition coefficient (Wildman–Crippen LogP) is 0.732. The Morgan fingerprint density at radius 1 is 1.57 bits per heavy atom. The molecule has 0 fully saturated rings. The third kappa shape index (κ3) is 1.16. The van der Waals surface area contributed by atoms with Crippen LogP contribution in [0.1, 0.15) is 0 Å². The summed E-state index contributed by atoms with van der Waals surface area (Å²) in [6.45, 7) is 0. The maximum Gasteiger partial charge on any atom is 0.334 e. The van der Waals surface area contributed by atoms with E-state index in [1.165, 1.54) is 13.2 Å². The standard InChI is InChI=1S/C8H7N3O3/c1-14-7-4(8(12)13)2-3-5-6(7)10-11-9-5/h2-3,7H,1H3,(H,12,13). The fourth-order valence-corrected chi connectivity index (χ4v) is 1.35. The third-order valence-corrected chi connectivity index (χ3v) is 2.00. The Morgan fingerprint density at radius 2 is 2.36 bits per heavy atom. The second-order valence-electron chi connectivity index (χ2n) is 2.77. The number of fused-ring (bicyclic) bond motifs is 1. The Balaban J connectivity index is 2.42. The van der Waals surface area contributed by atoms with Crippen LogP contribution in [0.5, 0.6) is 0 Å². The molecule has 0 radical (unpaired) electrons. The second kappa shape index (κ2) is 3.15. The summed E-state index contributed by atoms with van der Waals surface area (Å²) in [6, 6.07) is 0. The minimum absolute atomic E-state index is 0.141. The van der Waals surface area contributed by atoms with E-state index >= 15 is 0 Å². The molecular weight excluding hydrogens is 186 g/mol. The van der Waals surface area contributed by atoms with Crippen LogP contribution < -0.4 is 0 Å². The van der Waals surface area contributed by atoms with Gasteiger partial charge in [-0.3, -0.25) is 0 Å². The van der Waals surface area contributed by atoms with Gasteiger partial charge in [-0.2, -0.15) is 0 Å². The number of carboxylic acid groups (broad SMARTS) is 1. The van der Waals surface area contributed by atoms with E-state index in [9.17, 15) is 4.79 Å². The molecule has 1 aliphatic heterocycles. The Labute approximate surface area is 79.3 Å². The van der Waals surface area contributed by atoms with Crippen molar-refractivity contribution in [1.82, 2.24) is 0 Å². The lowest BCUT2D eigenvalue weighted by molar-refractivity contribution is -0.133. The number of rotatable bonds is 2. The van der Waals surface area contributed by atoms with Crippen molar-refractivity contribution < 1.29 is 14.6 Å². The summed E-state index contributed by atoms with van der Waals surface area (Å²) in [6.07, 6.45) is 2.34. The van der Waals surface area contributed by atoms with Crippen molar-refractivity contribution in [3.63, 3.8) is 0 Å². The van der Waals surface area contributed by atoms with Gasteiger partial charge in [0.05, 0.1) is 5.57 Å². The fraction of sp³-hybridized carbons (Fsp3) is 0.250. The number of hydrogen-bond donors (Lipinski definition) is 1. The number of hydrogen-bond acceptors (Lipinski definition) is 5. The quantitative estimate of drug-likeness (QED) is 0.701. The largest absolute Gasteiger partial charge is 0.478 e. The van der Waals surface area contributed by atoms with Gasteiger partial charge >= 0.3 is 5.97 Å². The van der Waals surface area contributed by atoms with Crippen LogP contribution in [0.15, 0.2) is 38.9 Å². The van der Waals surface area contributed by atoms with Gasteiger partial charge in [-0.25, -0.2) is 4.79 Å². The van der Waals surface area contributed by atoms with Gasteiger partial charge in [0.2, 0.25) is 0 Å². The number of ether oxygens (including phenoxy) is 1. The highest BCUT2D eigenvalue weighted by Gasteiger charge is 2.32. The molecule has 0 amide bonds. The Hall–Kier alpha value is -1.82. The lowest BCUT2D eigenvalue weighted by Crippen LogP contribution is -2.31. The van der Waals surface area contributed by atoms with Crippen LogP contribution in [0.3, 0.4) is 0 Å². The number of carboxylic acids is 1. The van der Waals surface area contributed by atoms with Crippen LogP contribution in [0.4, 0.5) is 0 Å². The van der Waals surface area contributed by atoms with Gasteiger partial charge in [0.1, 0.15) is 17.5 Å². The topological polar surface area (TPSA) is 83.6 Å². The van der Waals surface area contributed by atoms with Gasteiger partial charge in [0, 0.05) is 7.11 Å². The van der Waals surface area contributed by atoms with E-state index in [-0.39, 0.29) is 5.57 Å². The highest BCUT2D eigenvalue weighted by Crippen LogP contribution is 2.24. The molecule has 6 nitrogen and oxygen atoms in total. The number of aliphatic carboxylic acids is 1. The van der Waals surface area contributed by atoms with Gasteiger partial charge < -0.3 is 9.84 Å². The first-order valence-electron chi connectivity index (χ1n) is 3.91. The summed E-state index contributed by atoms with van der Waals surface area (Å²) in [5.74, 6) is -1.03. The molecular formula is C8H7N3O3. The summed E-state index contributed by atoms with van der Waals surface area (Å²) < 4.78 is 5.04. The molecule has 0 aromatic rings. The van der Waals surface area contributed by atoms with Gasteiger partial charge in [0.15, 0.2) is 0 Å². The minimum atomic E-state index is -1.03. The van der Waals surface area contributed by atoms with E-state index in [1.807, 2.05) is 0 Å². The van der Waals surface area contributed by atoms with Crippen molar-refractivity contribution in [3.8, 4) is 0 Å². The molecule has 2 aliphatic rings. The van der Waals surface area contributed by atoms with Crippen molar-refractivity contribution in [3.05, 3.63) is 23.4 Å². The molecule has 1 heterocycles. The zero-order valence-electron chi connectivity index (χ0n) is 7.34. The average molecular weight is 193 g/mol. The van der Waals surface area contributed by atoms with Gasteiger partial charge in [0.25, 0.3) is 0 Å². The summed E-state index contributed by atoms with van der Waals surface area (Å²) in [7, 11) is 1.42. The molecule has 0 saturated heterocycles. The SMILES string of the molecule is COC1C(C(=O)O)=CC=C2N=NN=C21. The van der Waals surface area contributed by atoms with Crippen molar-refractivity contribution in [2.45, 2.75) is 6.10 Å². The zero-order chi connectivity index (χ0) is 10.1. The van der Waals surface area contributed by atoms with E-state index in [0.29, 0.717) is 11.4 Å². The van der Waals surface area contributed by atoms with E-state index < -0.39 is 12.1 Å². The maximum atomic E-state index is 10.8. The first-order chi connectivity index (χ1) is 6.74. The molecule has 1 aliphatic carbocycles. The molecule has 0 aromatic heterocycles. The van der Waals surface area contributed by atoms with E-state index in [4.69, 9.17) is 9.84 Å². The average Bonchev–Trinajstić information content (AvgIpc) is 2.63. The minimum Gasteiger partial charge on any atom is -0.478 e.